The van der Waals surface area contributed by atoms with E-state index in [-0.39, 0.29) is 18.1 Å². The molecule has 0 aromatic carbocycles. The Kier molecular flexibility index (Phi) is 4.76. The summed E-state index contributed by atoms with van der Waals surface area (Å²) in [6.45, 7) is 2.00. The summed E-state index contributed by atoms with van der Waals surface area (Å²) in [5, 5.41) is 16.8. The molecule has 2 aliphatic rings. The van der Waals surface area contributed by atoms with Crippen molar-refractivity contribution in [3.63, 3.8) is 0 Å². The van der Waals surface area contributed by atoms with Crippen LogP contribution in [0.3, 0.4) is 0 Å². The number of nitrogens with zero attached hydrogens (tertiary/aromatic N) is 1. The van der Waals surface area contributed by atoms with Crippen molar-refractivity contribution in [3.05, 3.63) is 23.0 Å². The normalized spacial score (nSPS) is 27.2. The first-order valence-corrected chi connectivity index (χ1v) is 8.44. The Hall–Kier alpha value is -1.04. The number of aromatic nitrogens is 1. The van der Waals surface area contributed by atoms with E-state index in [0.29, 0.717) is 22.6 Å². The fraction of sp³-hybridized carbons (Fsp3) is 0.688. The van der Waals surface area contributed by atoms with Crippen molar-refractivity contribution in [2.45, 2.75) is 37.8 Å². The maximum atomic E-state index is 12.6. The van der Waals surface area contributed by atoms with E-state index < -0.39 is 0 Å². The number of halogens is 1. The van der Waals surface area contributed by atoms with E-state index in [1.165, 1.54) is 0 Å². The van der Waals surface area contributed by atoms with Crippen LogP contribution in [0.2, 0.25) is 5.02 Å². The van der Waals surface area contributed by atoms with Gasteiger partial charge in [-0.3, -0.25) is 4.79 Å². The number of aryl methyl sites for hydroxylation is 1. The van der Waals surface area contributed by atoms with Crippen LogP contribution in [0.5, 0.6) is 0 Å². The highest BCUT2D eigenvalue weighted by atomic mass is 35.5. The maximum Gasteiger partial charge on any atom is 0.268 e. The van der Waals surface area contributed by atoms with Gasteiger partial charge in [-0.05, 0) is 56.7 Å². The Morgan fingerprint density at radius 1 is 1.41 bits per heavy atom. The molecule has 3 rings (SSSR count). The quantitative estimate of drug-likeness (QED) is 0.787. The second-order valence-electron chi connectivity index (χ2n) is 6.63. The minimum Gasteiger partial charge on any atom is -0.393 e. The molecule has 1 aromatic rings. The van der Waals surface area contributed by atoms with Gasteiger partial charge in [0, 0.05) is 19.3 Å². The van der Waals surface area contributed by atoms with Crippen molar-refractivity contribution in [2.75, 3.05) is 13.1 Å². The zero-order valence-corrected chi connectivity index (χ0v) is 13.6. The number of rotatable bonds is 4. The van der Waals surface area contributed by atoms with Crippen LogP contribution in [-0.2, 0) is 7.05 Å². The second kappa shape index (κ2) is 6.60. The summed E-state index contributed by atoms with van der Waals surface area (Å²) < 4.78 is 1.76. The summed E-state index contributed by atoms with van der Waals surface area (Å²) in [5.74, 6) is 0.801. The largest absolute Gasteiger partial charge is 0.393 e. The third-order valence-electron chi connectivity index (χ3n) is 5.05. The molecule has 3 N–H and O–H groups in total. The summed E-state index contributed by atoms with van der Waals surface area (Å²) in [5.41, 5.74) is 0.587. The Morgan fingerprint density at radius 2 is 2.09 bits per heavy atom. The minimum atomic E-state index is -0.199. The molecule has 1 saturated heterocycles. The number of piperidine rings is 1. The number of carbonyl (C=O) groups excluding carboxylic acids is 1. The van der Waals surface area contributed by atoms with Gasteiger partial charge >= 0.3 is 0 Å². The number of hydrogen-bond acceptors (Lipinski definition) is 3. The molecule has 6 heteroatoms. The fourth-order valence-corrected chi connectivity index (χ4v) is 3.97. The molecule has 1 aliphatic heterocycles. The molecule has 5 nitrogen and oxygen atoms in total. The van der Waals surface area contributed by atoms with E-state index in [9.17, 15) is 9.90 Å². The molecule has 1 aromatic heterocycles. The van der Waals surface area contributed by atoms with Crippen LogP contribution in [0.4, 0.5) is 0 Å². The predicted molar refractivity (Wildman–Crippen MR) is 86.0 cm³/mol. The van der Waals surface area contributed by atoms with E-state index in [0.717, 1.165) is 38.8 Å². The molecule has 0 bridgehead atoms. The summed E-state index contributed by atoms with van der Waals surface area (Å²) in [4.78, 5) is 12.6. The molecule has 2 heterocycles. The van der Waals surface area contributed by atoms with Gasteiger partial charge in [-0.2, -0.15) is 0 Å². The number of hydrogen-bond donors (Lipinski definition) is 3. The van der Waals surface area contributed by atoms with Crippen LogP contribution >= 0.6 is 11.6 Å². The van der Waals surface area contributed by atoms with E-state index in [1.807, 2.05) is 7.05 Å². The van der Waals surface area contributed by atoms with Crippen molar-refractivity contribution in [3.8, 4) is 0 Å². The van der Waals surface area contributed by atoms with Crippen molar-refractivity contribution < 1.29 is 9.90 Å². The molecule has 0 spiro atoms. The fourth-order valence-electron chi connectivity index (χ4n) is 3.72. The molecule has 1 aliphatic carbocycles. The summed E-state index contributed by atoms with van der Waals surface area (Å²) >= 11 is 5.97. The van der Waals surface area contributed by atoms with Crippen LogP contribution in [0.1, 0.15) is 36.2 Å². The topological polar surface area (TPSA) is 66.3 Å². The Morgan fingerprint density at radius 3 is 2.64 bits per heavy atom. The van der Waals surface area contributed by atoms with Crippen LogP contribution in [0.15, 0.2) is 12.3 Å². The molecule has 1 unspecified atom stereocenters. The Balaban J connectivity index is 1.71. The van der Waals surface area contributed by atoms with Gasteiger partial charge in [-0.1, -0.05) is 11.6 Å². The van der Waals surface area contributed by atoms with Gasteiger partial charge in [0.15, 0.2) is 0 Å². The van der Waals surface area contributed by atoms with Gasteiger partial charge in [0.05, 0.1) is 11.1 Å². The minimum absolute atomic E-state index is 0.0701. The monoisotopic (exact) mass is 325 g/mol. The lowest BCUT2D eigenvalue weighted by atomic mass is 9.71. The van der Waals surface area contributed by atoms with E-state index in [2.05, 4.69) is 10.6 Å². The molecule has 1 amide bonds. The average Bonchev–Trinajstić information content (AvgIpc) is 2.81. The Labute approximate surface area is 136 Å². The van der Waals surface area contributed by atoms with Gasteiger partial charge in [0.2, 0.25) is 0 Å². The van der Waals surface area contributed by atoms with Gasteiger partial charge in [0.1, 0.15) is 5.69 Å². The molecule has 1 saturated carbocycles. The van der Waals surface area contributed by atoms with Gasteiger partial charge in [0.25, 0.3) is 5.91 Å². The molecule has 2 fully saturated rings. The van der Waals surface area contributed by atoms with E-state index >= 15 is 0 Å². The molecular formula is C16H24ClN3O2. The van der Waals surface area contributed by atoms with Crippen molar-refractivity contribution in [1.29, 1.82) is 0 Å². The molecule has 0 radical (unpaired) electrons. The predicted octanol–water partition coefficient (Wildman–Crippen LogP) is 1.55. The number of aliphatic hydroxyl groups excluding tert-OH is 1. The van der Waals surface area contributed by atoms with Crippen LogP contribution in [0.25, 0.3) is 0 Å². The molecular weight excluding hydrogens is 302 g/mol. The average molecular weight is 326 g/mol. The van der Waals surface area contributed by atoms with E-state index in [4.69, 9.17) is 11.6 Å². The number of amides is 1. The highest BCUT2D eigenvalue weighted by Gasteiger charge is 2.39. The molecule has 1 atom stereocenters. The van der Waals surface area contributed by atoms with Crippen molar-refractivity contribution in [1.82, 2.24) is 15.2 Å². The van der Waals surface area contributed by atoms with Gasteiger partial charge in [-0.25, -0.2) is 0 Å². The smallest absolute Gasteiger partial charge is 0.268 e. The lowest BCUT2D eigenvalue weighted by Gasteiger charge is -2.43. The summed E-state index contributed by atoms with van der Waals surface area (Å²) in [7, 11) is 1.83. The van der Waals surface area contributed by atoms with Crippen molar-refractivity contribution in [2.24, 2.45) is 18.9 Å². The second-order valence-corrected chi connectivity index (χ2v) is 7.06. The molecule has 22 heavy (non-hydrogen) atoms. The highest BCUT2D eigenvalue weighted by Crippen LogP contribution is 2.36. The van der Waals surface area contributed by atoms with Crippen LogP contribution in [-0.4, -0.2) is 40.8 Å². The summed E-state index contributed by atoms with van der Waals surface area (Å²) in [6, 6.07) is 1.85. The SMILES string of the molecule is Cn1cc(Cl)cc1C(=O)NC(C1CCNCC1)C1CC(O)C1. The number of nitrogens with one attached hydrogen (secondary N) is 2. The maximum absolute atomic E-state index is 12.6. The number of aliphatic hydroxyl groups is 1. The third kappa shape index (κ3) is 3.31. The first kappa shape index (κ1) is 15.8. The number of carbonyl (C=O) groups is 1. The van der Waals surface area contributed by atoms with Crippen LogP contribution in [0, 0.1) is 11.8 Å². The lowest BCUT2D eigenvalue weighted by Crippen LogP contribution is -2.53. The lowest BCUT2D eigenvalue weighted by molar-refractivity contribution is 0.00909. The summed E-state index contributed by atoms with van der Waals surface area (Å²) in [6.07, 6.45) is 5.28. The first-order valence-electron chi connectivity index (χ1n) is 8.06. The van der Waals surface area contributed by atoms with Gasteiger partial charge < -0.3 is 20.3 Å². The van der Waals surface area contributed by atoms with Crippen LogP contribution < -0.4 is 10.6 Å². The zero-order valence-electron chi connectivity index (χ0n) is 12.9. The van der Waals surface area contributed by atoms with E-state index in [1.54, 1.807) is 16.8 Å². The highest BCUT2D eigenvalue weighted by molar-refractivity contribution is 6.31. The third-order valence-corrected chi connectivity index (χ3v) is 5.26. The first-order chi connectivity index (χ1) is 10.5. The van der Waals surface area contributed by atoms with Crippen molar-refractivity contribution >= 4 is 17.5 Å². The van der Waals surface area contributed by atoms with Gasteiger partial charge in [-0.15, -0.1) is 0 Å². The molecule has 122 valence electrons. The standard InChI is InChI=1S/C16H24ClN3O2/c1-20-9-12(17)8-14(20)16(22)19-15(11-6-13(21)7-11)10-2-4-18-5-3-10/h8-11,13,15,18,21H,2-7H2,1H3,(H,19,22). The Bertz CT molecular complexity index is 533. The zero-order chi connectivity index (χ0) is 15.7.